The van der Waals surface area contributed by atoms with Crippen molar-refractivity contribution in [2.24, 2.45) is 0 Å². The summed E-state index contributed by atoms with van der Waals surface area (Å²) in [7, 11) is 1.79. The summed E-state index contributed by atoms with van der Waals surface area (Å²) >= 11 is 1.57. The zero-order valence-corrected chi connectivity index (χ0v) is 15.6. The standard InChI is InChI=1S/C17H28N4O2S/c1-4-15-18-11(2)16(24-15)20-17(22)19-13-6-5-7-14(13)21-9-8-12(10-21)23-3/h12-14H,4-10H2,1-3H3,(H2,19,20,22)/t12?,13-,14+/m1/s1. The Balaban J connectivity index is 1.56. The summed E-state index contributed by atoms with van der Waals surface area (Å²) in [5, 5.41) is 8.09. The van der Waals surface area contributed by atoms with E-state index in [0.717, 1.165) is 54.5 Å². The Morgan fingerprint density at radius 3 is 2.92 bits per heavy atom. The first-order valence-corrected chi connectivity index (χ1v) is 9.73. The average Bonchev–Trinajstić information content (AvgIpc) is 3.27. The number of methoxy groups -OCH3 is 1. The van der Waals surface area contributed by atoms with Gasteiger partial charge in [0.2, 0.25) is 0 Å². The van der Waals surface area contributed by atoms with Crippen molar-refractivity contribution < 1.29 is 9.53 Å². The van der Waals surface area contributed by atoms with E-state index in [2.05, 4.69) is 27.4 Å². The number of hydrogen-bond donors (Lipinski definition) is 2. The molecule has 0 spiro atoms. The Bertz CT molecular complexity index is 577. The minimum absolute atomic E-state index is 0.108. The molecule has 3 rings (SSSR count). The highest BCUT2D eigenvalue weighted by molar-refractivity contribution is 7.16. The lowest BCUT2D eigenvalue weighted by Crippen LogP contribution is -2.49. The van der Waals surface area contributed by atoms with Crippen LogP contribution in [0.1, 0.15) is 43.3 Å². The van der Waals surface area contributed by atoms with Crippen LogP contribution in [0.3, 0.4) is 0 Å². The molecule has 1 aliphatic heterocycles. The SMILES string of the molecule is CCc1nc(C)c(NC(=O)N[C@@H]2CCC[C@@H]2N2CCC(OC)C2)s1. The highest BCUT2D eigenvalue weighted by Gasteiger charge is 2.36. The first-order chi connectivity index (χ1) is 11.6. The quantitative estimate of drug-likeness (QED) is 0.855. The van der Waals surface area contributed by atoms with Gasteiger partial charge in [0.15, 0.2) is 0 Å². The van der Waals surface area contributed by atoms with E-state index in [1.807, 2.05) is 6.92 Å². The molecule has 1 saturated carbocycles. The molecular formula is C17H28N4O2S. The number of thiazole rings is 1. The van der Waals surface area contributed by atoms with E-state index in [1.54, 1.807) is 18.4 Å². The molecule has 2 N–H and O–H groups in total. The summed E-state index contributed by atoms with van der Waals surface area (Å²) in [6, 6.07) is 0.549. The highest BCUT2D eigenvalue weighted by atomic mass is 32.1. The van der Waals surface area contributed by atoms with Gasteiger partial charge in [0.25, 0.3) is 0 Å². The van der Waals surface area contributed by atoms with Gasteiger partial charge >= 0.3 is 6.03 Å². The van der Waals surface area contributed by atoms with Gasteiger partial charge in [0, 0.05) is 32.3 Å². The van der Waals surface area contributed by atoms with Gasteiger partial charge in [-0.3, -0.25) is 10.2 Å². The fourth-order valence-corrected chi connectivity index (χ4v) is 4.72. The minimum Gasteiger partial charge on any atom is -0.380 e. The van der Waals surface area contributed by atoms with Gasteiger partial charge in [-0.05, 0) is 39.0 Å². The smallest absolute Gasteiger partial charge is 0.320 e. The largest absolute Gasteiger partial charge is 0.380 e. The molecule has 0 bridgehead atoms. The average molecular weight is 353 g/mol. The molecule has 7 heteroatoms. The van der Waals surface area contributed by atoms with Crippen molar-refractivity contribution >= 4 is 22.4 Å². The van der Waals surface area contributed by atoms with E-state index in [-0.39, 0.29) is 12.1 Å². The predicted molar refractivity (Wildman–Crippen MR) is 96.8 cm³/mol. The summed E-state index contributed by atoms with van der Waals surface area (Å²) < 4.78 is 5.48. The molecule has 0 radical (unpaired) electrons. The number of aromatic nitrogens is 1. The molecule has 24 heavy (non-hydrogen) atoms. The molecule has 6 nitrogen and oxygen atoms in total. The molecule has 3 atom stereocenters. The Labute approximate surface area is 148 Å². The second-order valence-corrected chi connectivity index (χ2v) is 7.80. The monoisotopic (exact) mass is 352 g/mol. The van der Waals surface area contributed by atoms with Crippen LogP contribution in [-0.4, -0.2) is 54.3 Å². The zero-order chi connectivity index (χ0) is 17.1. The number of likely N-dealkylation sites (tertiary alicyclic amines) is 1. The van der Waals surface area contributed by atoms with Crippen molar-refractivity contribution in [3.05, 3.63) is 10.7 Å². The van der Waals surface area contributed by atoms with Crippen LogP contribution in [0.15, 0.2) is 0 Å². The lowest BCUT2D eigenvalue weighted by atomic mass is 10.1. The van der Waals surface area contributed by atoms with Crippen LogP contribution in [-0.2, 0) is 11.2 Å². The van der Waals surface area contributed by atoms with Crippen molar-refractivity contribution in [2.45, 2.75) is 64.1 Å². The maximum absolute atomic E-state index is 12.4. The first-order valence-electron chi connectivity index (χ1n) is 8.91. The maximum Gasteiger partial charge on any atom is 0.320 e. The fourth-order valence-electron chi connectivity index (χ4n) is 3.82. The number of ether oxygens (including phenoxy) is 1. The third-order valence-corrected chi connectivity index (χ3v) is 6.36. The zero-order valence-electron chi connectivity index (χ0n) is 14.8. The molecule has 1 saturated heterocycles. The maximum atomic E-state index is 12.4. The van der Waals surface area contributed by atoms with Crippen LogP contribution in [0.25, 0.3) is 0 Å². The van der Waals surface area contributed by atoms with E-state index in [4.69, 9.17) is 4.74 Å². The van der Waals surface area contributed by atoms with Crippen LogP contribution in [0.2, 0.25) is 0 Å². The van der Waals surface area contributed by atoms with Gasteiger partial charge in [-0.2, -0.15) is 0 Å². The number of carbonyl (C=O) groups excluding carboxylic acids is 1. The number of rotatable bonds is 5. The van der Waals surface area contributed by atoms with Gasteiger partial charge in [0.1, 0.15) is 5.00 Å². The molecule has 2 aliphatic rings. The topological polar surface area (TPSA) is 66.5 Å². The summed E-state index contributed by atoms with van der Waals surface area (Å²) in [5.41, 5.74) is 0.900. The van der Waals surface area contributed by atoms with E-state index in [9.17, 15) is 4.79 Å². The number of nitrogens with zero attached hydrogens (tertiary/aromatic N) is 2. The number of urea groups is 1. The second-order valence-electron chi connectivity index (χ2n) is 6.72. The molecule has 2 fully saturated rings. The normalized spacial score (nSPS) is 27.5. The number of carbonyl (C=O) groups is 1. The van der Waals surface area contributed by atoms with Gasteiger partial charge in [-0.25, -0.2) is 9.78 Å². The number of hydrogen-bond acceptors (Lipinski definition) is 5. The van der Waals surface area contributed by atoms with Gasteiger partial charge in [-0.15, -0.1) is 11.3 Å². The molecular weight excluding hydrogens is 324 g/mol. The van der Waals surface area contributed by atoms with Crippen LogP contribution < -0.4 is 10.6 Å². The second kappa shape index (κ2) is 7.80. The molecule has 2 amide bonds. The Morgan fingerprint density at radius 1 is 1.42 bits per heavy atom. The van der Waals surface area contributed by atoms with Crippen molar-refractivity contribution in [1.29, 1.82) is 0 Å². The van der Waals surface area contributed by atoms with E-state index < -0.39 is 0 Å². The molecule has 134 valence electrons. The molecule has 1 aromatic rings. The molecule has 2 heterocycles. The number of anilines is 1. The Morgan fingerprint density at radius 2 is 2.25 bits per heavy atom. The van der Waals surface area contributed by atoms with Crippen LogP contribution >= 0.6 is 11.3 Å². The van der Waals surface area contributed by atoms with Crippen molar-refractivity contribution in [3.8, 4) is 0 Å². The van der Waals surface area contributed by atoms with Gasteiger partial charge in [-0.1, -0.05) is 6.92 Å². The summed E-state index contributed by atoms with van der Waals surface area (Å²) in [4.78, 5) is 19.4. The summed E-state index contributed by atoms with van der Waals surface area (Å²) in [6.45, 7) is 6.07. The van der Waals surface area contributed by atoms with Gasteiger partial charge < -0.3 is 10.1 Å². The first kappa shape index (κ1) is 17.6. The number of aryl methyl sites for hydroxylation is 2. The minimum atomic E-state index is -0.108. The molecule has 0 aromatic carbocycles. The fraction of sp³-hybridized carbons (Fsp3) is 0.765. The molecule has 1 aliphatic carbocycles. The number of nitrogens with one attached hydrogen (secondary N) is 2. The van der Waals surface area contributed by atoms with E-state index in [0.29, 0.717) is 12.1 Å². The van der Waals surface area contributed by atoms with Crippen molar-refractivity contribution in [2.75, 3.05) is 25.5 Å². The summed E-state index contributed by atoms with van der Waals surface area (Å²) in [6.07, 6.45) is 5.70. The van der Waals surface area contributed by atoms with Crippen molar-refractivity contribution in [3.63, 3.8) is 0 Å². The van der Waals surface area contributed by atoms with E-state index >= 15 is 0 Å². The highest BCUT2D eigenvalue weighted by Crippen LogP contribution is 2.28. The summed E-state index contributed by atoms with van der Waals surface area (Å²) in [5.74, 6) is 0. The Hall–Kier alpha value is -1.18. The predicted octanol–water partition coefficient (Wildman–Crippen LogP) is 2.78. The Kier molecular flexibility index (Phi) is 5.73. The van der Waals surface area contributed by atoms with Crippen molar-refractivity contribution in [1.82, 2.24) is 15.2 Å². The lowest BCUT2D eigenvalue weighted by molar-refractivity contribution is 0.0985. The van der Waals surface area contributed by atoms with Crippen LogP contribution in [0.5, 0.6) is 0 Å². The third-order valence-electron chi connectivity index (χ3n) is 5.15. The third kappa shape index (κ3) is 3.90. The van der Waals surface area contributed by atoms with E-state index in [1.165, 1.54) is 6.42 Å². The van der Waals surface area contributed by atoms with Gasteiger partial charge in [0.05, 0.1) is 16.8 Å². The van der Waals surface area contributed by atoms with Crippen LogP contribution in [0.4, 0.5) is 9.80 Å². The van der Waals surface area contributed by atoms with Crippen LogP contribution in [0, 0.1) is 6.92 Å². The number of amides is 2. The lowest BCUT2D eigenvalue weighted by Gasteiger charge is -2.29. The molecule has 1 aromatic heterocycles. The molecule has 1 unspecified atom stereocenters.